The maximum Gasteiger partial charge on any atom is 0.305 e. The van der Waals surface area contributed by atoms with Crippen molar-refractivity contribution >= 4 is 30.0 Å². The fourth-order valence-electron chi connectivity index (χ4n) is 3.43. The first-order valence-electron chi connectivity index (χ1n) is 10.0. The number of aliphatic carboxylic acids is 1. The van der Waals surface area contributed by atoms with Gasteiger partial charge in [0.15, 0.2) is 0 Å². The van der Waals surface area contributed by atoms with Gasteiger partial charge in [-0.15, -0.1) is 0 Å². The first-order valence-corrected chi connectivity index (χ1v) is 10.0. The fraction of sp³-hybridized carbons (Fsp3) is 0.476. The third kappa shape index (κ3) is 6.27. The Bertz CT molecular complexity index is 838. The van der Waals surface area contributed by atoms with Crippen molar-refractivity contribution in [3.8, 4) is 5.75 Å². The van der Waals surface area contributed by atoms with Crippen LogP contribution in [0, 0.1) is 5.92 Å². The topological polar surface area (TPSA) is 153 Å². The zero-order valence-electron chi connectivity index (χ0n) is 17.4. The quantitative estimate of drug-likeness (QED) is 0.408. The van der Waals surface area contributed by atoms with Gasteiger partial charge in [0.25, 0.3) is 5.91 Å². The smallest absolute Gasteiger partial charge is 0.305 e. The molecule has 3 atom stereocenters. The van der Waals surface area contributed by atoms with Crippen molar-refractivity contribution < 1.29 is 34.2 Å². The minimum absolute atomic E-state index is 0.00971. The van der Waals surface area contributed by atoms with E-state index in [1.54, 1.807) is 13.8 Å². The molecule has 1 saturated heterocycles. The summed E-state index contributed by atoms with van der Waals surface area (Å²) in [5.74, 6) is -3.01. The molecule has 10 nitrogen and oxygen atoms in total. The van der Waals surface area contributed by atoms with E-state index in [-0.39, 0.29) is 17.2 Å². The highest BCUT2D eigenvalue weighted by atomic mass is 16.4. The summed E-state index contributed by atoms with van der Waals surface area (Å²) in [6.07, 6.45) is 0.729. The molecule has 4 N–H and O–H groups in total. The number of nitrogens with zero attached hydrogens (tertiary/aromatic N) is 1. The molecule has 0 spiro atoms. The van der Waals surface area contributed by atoms with Gasteiger partial charge in [-0.25, -0.2) is 0 Å². The lowest BCUT2D eigenvalue weighted by molar-refractivity contribution is -0.142. The second-order valence-electron chi connectivity index (χ2n) is 7.78. The summed E-state index contributed by atoms with van der Waals surface area (Å²) in [6, 6.07) is 2.66. The van der Waals surface area contributed by atoms with Crippen LogP contribution in [-0.4, -0.2) is 69.8 Å². The maximum absolute atomic E-state index is 13.2. The van der Waals surface area contributed by atoms with E-state index in [4.69, 9.17) is 5.11 Å². The zero-order valence-corrected chi connectivity index (χ0v) is 17.4. The molecule has 31 heavy (non-hydrogen) atoms. The summed E-state index contributed by atoms with van der Waals surface area (Å²) in [4.78, 5) is 61.6. The van der Waals surface area contributed by atoms with E-state index >= 15 is 0 Å². The highest BCUT2D eigenvalue weighted by molar-refractivity contribution is 5.99. The molecule has 0 aromatic heterocycles. The number of carboxylic acid groups (broad SMARTS) is 1. The number of aldehydes is 1. The third-order valence-corrected chi connectivity index (χ3v) is 5.07. The van der Waals surface area contributed by atoms with Gasteiger partial charge in [0, 0.05) is 12.1 Å². The molecule has 0 unspecified atom stereocenters. The molecular formula is C21H27N3O7. The van der Waals surface area contributed by atoms with Gasteiger partial charge >= 0.3 is 5.97 Å². The van der Waals surface area contributed by atoms with Crippen LogP contribution in [0.5, 0.6) is 5.75 Å². The molecule has 0 radical (unpaired) electrons. The highest BCUT2D eigenvalue weighted by Gasteiger charge is 2.39. The summed E-state index contributed by atoms with van der Waals surface area (Å²) < 4.78 is 0. The predicted molar refractivity (Wildman–Crippen MR) is 109 cm³/mol. The SMILES string of the molecule is CC(C)[C@H](NC(=O)c1ccc(O)cc1)C(=O)N1CCC[C@H]1C(=O)N[C@H](C=O)CC(=O)O. The molecule has 1 aliphatic heterocycles. The Morgan fingerprint density at radius 1 is 1.16 bits per heavy atom. The Kier molecular flexibility index (Phi) is 8.12. The van der Waals surface area contributed by atoms with Crippen LogP contribution in [-0.2, 0) is 19.2 Å². The second-order valence-corrected chi connectivity index (χ2v) is 7.78. The molecule has 1 aliphatic rings. The summed E-state index contributed by atoms with van der Waals surface area (Å²) in [7, 11) is 0. The van der Waals surface area contributed by atoms with Crippen LogP contribution >= 0.6 is 0 Å². The van der Waals surface area contributed by atoms with E-state index in [0.717, 1.165) is 0 Å². The normalized spacial score (nSPS) is 17.6. The average molecular weight is 433 g/mol. The number of phenolic OH excluding ortho intramolecular Hbond substituents is 1. The lowest BCUT2D eigenvalue weighted by Gasteiger charge is -2.31. The molecule has 0 saturated carbocycles. The van der Waals surface area contributed by atoms with Crippen molar-refractivity contribution in [3.05, 3.63) is 29.8 Å². The van der Waals surface area contributed by atoms with Crippen molar-refractivity contribution in [2.45, 2.75) is 51.2 Å². The third-order valence-electron chi connectivity index (χ3n) is 5.07. The number of carbonyl (C=O) groups is 5. The molecule has 1 heterocycles. The van der Waals surface area contributed by atoms with Crippen LogP contribution in [0.2, 0.25) is 0 Å². The monoisotopic (exact) mass is 433 g/mol. The summed E-state index contributed by atoms with van der Waals surface area (Å²) >= 11 is 0. The summed E-state index contributed by atoms with van der Waals surface area (Å²) in [5.41, 5.74) is 0.273. The number of amides is 3. The Balaban J connectivity index is 2.11. The van der Waals surface area contributed by atoms with Gasteiger partial charge in [0.2, 0.25) is 11.8 Å². The molecular weight excluding hydrogens is 406 g/mol. The molecule has 2 rings (SSSR count). The first kappa shape index (κ1) is 23.8. The Morgan fingerprint density at radius 2 is 1.81 bits per heavy atom. The lowest BCUT2D eigenvalue weighted by Crippen LogP contribution is -2.56. The van der Waals surface area contributed by atoms with Crippen LogP contribution in [0.25, 0.3) is 0 Å². The van der Waals surface area contributed by atoms with Crippen LogP contribution in [0.4, 0.5) is 0 Å². The minimum atomic E-state index is -1.23. The number of nitrogens with one attached hydrogen (secondary N) is 2. The molecule has 1 aromatic rings. The van der Waals surface area contributed by atoms with Gasteiger partial charge in [-0.1, -0.05) is 13.8 Å². The van der Waals surface area contributed by atoms with Crippen molar-refractivity contribution in [3.63, 3.8) is 0 Å². The number of aromatic hydroxyl groups is 1. The van der Waals surface area contributed by atoms with Crippen LogP contribution in [0.15, 0.2) is 24.3 Å². The van der Waals surface area contributed by atoms with E-state index in [0.29, 0.717) is 25.7 Å². The van der Waals surface area contributed by atoms with E-state index in [2.05, 4.69) is 10.6 Å². The second kappa shape index (κ2) is 10.6. The number of hydrogen-bond donors (Lipinski definition) is 4. The number of phenols is 1. The van der Waals surface area contributed by atoms with Crippen molar-refractivity contribution in [2.24, 2.45) is 5.92 Å². The Labute approximate surface area is 179 Å². The number of likely N-dealkylation sites (tertiary alicyclic amines) is 1. The zero-order chi connectivity index (χ0) is 23.1. The van der Waals surface area contributed by atoms with Crippen LogP contribution in [0.1, 0.15) is 43.5 Å². The first-order chi connectivity index (χ1) is 14.6. The van der Waals surface area contributed by atoms with Crippen molar-refractivity contribution in [2.75, 3.05) is 6.54 Å². The van der Waals surface area contributed by atoms with Crippen LogP contribution in [0.3, 0.4) is 0 Å². The molecule has 0 aliphatic carbocycles. The van der Waals surface area contributed by atoms with Gasteiger partial charge in [0.05, 0.1) is 12.5 Å². The summed E-state index contributed by atoms with van der Waals surface area (Å²) in [6.45, 7) is 3.83. The van der Waals surface area contributed by atoms with Gasteiger partial charge in [-0.3, -0.25) is 19.2 Å². The van der Waals surface area contributed by atoms with Crippen LogP contribution < -0.4 is 10.6 Å². The van der Waals surface area contributed by atoms with E-state index in [1.165, 1.54) is 29.2 Å². The maximum atomic E-state index is 13.2. The van der Waals surface area contributed by atoms with E-state index in [1.807, 2.05) is 0 Å². The van der Waals surface area contributed by atoms with E-state index in [9.17, 15) is 29.1 Å². The lowest BCUT2D eigenvalue weighted by atomic mass is 10.0. The van der Waals surface area contributed by atoms with E-state index < -0.39 is 48.2 Å². The molecule has 3 amide bonds. The number of rotatable bonds is 9. The number of carboxylic acids is 1. The van der Waals surface area contributed by atoms with Gasteiger partial charge in [-0.05, 0) is 43.0 Å². The minimum Gasteiger partial charge on any atom is -0.508 e. The molecule has 1 aromatic carbocycles. The Hall–Kier alpha value is -3.43. The number of carbonyl (C=O) groups excluding carboxylic acids is 4. The van der Waals surface area contributed by atoms with Crippen molar-refractivity contribution in [1.29, 1.82) is 0 Å². The average Bonchev–Trinajstić information content (AvgIpc) is 3.20. The standard InChI is InChI=1S/C21H27N3O7/c1-12(2)18(23-19(29)13-5-7-15(26)8-6-13)21(31)24-9-3-4-16(24)20(30)22-14(11-25)10-17(27)28/h5-8,11-12,14,16,18,26H,3-4,9-10H2,1-2H3,(H,22,30)(H,23,29)(H,27,28)/t14-,16-,18-/m0/s1. The van der Waals surface area contributed by atoms with Gasteiger partial charge < -0.3 is 30.5 Å². The van der Waals surface area contributed by atoms with Crippen molar-refractivity contribution in [1.82, 2.24) is 15.5 Å². The fourth-order valence-corrected chi connectivity index (χ4v) is 3.43. The van der Waals surface area contributed by atoms with Gasteiger partial charge in [-0.2, -0.15) is 0 Å². The number of hydrogen-bond acceptors (Lipinski definition) is 6. The molecule has 10 heteroatoms. The molecule has 168 valence electrons. The summed E-state index contributed by atoms with van der Waals surface area (Å²) in [5, 5.41) is 23.3. The number of benzene rings is 1. The largest absolute Gasteiger partial charge is 0.508 e. The molecule has 1 fully saturated rings. The molecule has 0 bridgehead atoms. The highest BCUT2D eigenvalue weighted by Crippen LogP contribution is 2.21. The van der Waals surface area contributed by atoms with Gasteiger partial charge in [0.1, 0.15) is 24.1 Å². The predicted octanol–water partition coefficient (Wildman–Crippen LogP) is 0.296. The Morgan fingerprint density at radius 3 is 2.35 bits per heavy atom.